The minimum atomic E-state index is 0.455. The molecule has 0 aromatic heterocycles. The summed E-state index contributed by atoms with van der Waals surface area (Å²) in [6.45, 7) is 10.6. The predicted molar refractivity (Wildman–Crippen MR) is 109 cm³/mol. The van der Waals surface area contributed by atoms with Gasteiger partial charge in [0.15, 0.2) is 6.71 Å². The normalized spacial score (nSPS) is 40.6. The third-order valence-corrected chi connectivity index (χ3v) is 9.38. The van der Waals surface area contributed by atoms with Crippen molar-refractivity contribution in [1.29, 1.82) is 0 Å². The molecule has 1 aromatic rings. The van der Waals surface area contributed by atoms with Gasteiger partial charge in [0, 0.05) is 0 Å². The summed E-state index contributed by atoms with van der Waals surface area (Å²) in [5.74, 6) is 3.13. The lowest BCUT2D eigenvalue weighted by Gasteiger charge is -2.57. The Morgan fingerprint density at radius 2 is 1.16 bits per heavy atom. The standard InChI is InChI=1S/C24H35B/c1-22(2)15-25(16-23(22,3)4)21-7-5-20(6-8-21)24-12-17-9-18(13-24)11-19(10-17)14-24/h5-8,17-19H,9-16H2,1-4H3. The fraction of sp³-hybridized carbons (Fsp3) is 0.750. The van der Waals surface area contributed by atoms with E-state index >= 15 is 0 Å². The van der Waals surface area contributed by atoms with Crippen LogP contribution in [-0.2, 0) is 5.41 Å². The molecule has 0 atom stereocenters. The molecule has 134 valence electrons. The van der Waals surface area contributed by atoms with Crippen LogP contribution in [0.4, 0.5) is 0 Å². The molecule has 5 aliphatic rings. The molecule has 0 N–H and O–H groups in total. The first-order valence-corrected chi connectivity index (χ1v) is 10.9. The number of hydrogen-bond donors (Lipinski definition) is 0. The first kappa shape index (κ1) is 16.5. The van der Waals surface area contributed by atoms with E-state index in [-0.39, 0.29) is 0 Å². The van der Waals surface area contributed by atoms with E-state index in [1.54, 1.807) is 30.3 Å². The molecule has 4 bridgehead atoms. The molecule has 1 saturated heterocycles. The van der Waals surface area contributed by atoms with Gasteiger partial charge in [-0.25, -0.2) is 0 Å². The largest absolute Gasteiger partial charge is 0.176 e. The second-order valence-electron chi connectivity index (χ2n) is 11.7. The van der Waals surface area contributed by atoms with Crippen LogP contribution in [0.3, 0.4) is 0 Å². The molecular formula is C24H35B. The molecule has 0 amide bonds. The zero-order valence-corrected chi connectivity index (χ0v) is 16.8. The van der Waals surface area contributed by atoms with Crippen molar-refractivity contribution in [2.45, 2.75) is 84.3 Å². The highest BCUT2D eigenvalue weighted by atomic mass is 14.6. The van der Waals surface area contributed by atoms with Crippen molar-refractivity contribution in [2.24, 2.45) is 28.6 Å². The second kappa shape index (κ2) is 5.17. The van der Waals surface area contributed by atoms with E-state index in [1.165, 1.54) is 31.9 Å². The lowest BCUT2D eigenvalue weighted by molar-refractivity contribution is -0.00517. The summed E-state index contributed by atoms with van der Waals surface area (Å²) in [5, 5.41) is 0. The molecule has 4 aliphatic carbocycles. The zero-order valence-electron chi connectivity index (χ0n) is 16.8. The summed E-state index contributed by atoms with van der Waals surface area (Å²) >= 11 is 0. The smallest absolute Gasteiger partial charge is 0.0800 e. The molecule has 25 heavy (non-hydrogen) atoms. The van der Waals surface area contributed by atoms with Crippen molar-refractivity contribution < 1.29 is 0 Å². The molecule has 1 heteroatoms. The van der Waals surface area contributed by atoms with Crippen molar-refractivity contribution in [3.63, 3.8) is 0 Å². The molecule has 0 unspecified atom stereocenters. The van der Waals surface area contributed by atoms with E-state index in [1.807, 2.05) is 0 Å². The van der Waals surface area contributed by atoms with E-state index in [9.17, 15) is 0 Å². The quantitative estimate of drug-likeness (QED) is 0.589. The van der Waals surface area contributed by atoms with Crippen molar-refractivity contribution in [3.8, 4) is 0 Å². The van der Waals surface area contributed by atoms with Gasteiger partial charge < -0.3 is 0 Å². The lowest BCUT2D eigenvalue weighted by atomic mass is 9.42. The summed E-state index contributed by atoms with van der Waals surface area (Å²) in [6.07, 6.45) is 11.8. The molecule has 0 nitrogen and oxygen atoms in total. The van der Waals surface area contributed by atoms with Gasteiger partial charge in [-0.15, -0.1) is 0 Å². The fourth-order valence-corrected chi connectivity index (χ4v) is 7.67. The fourth-order valence-electron chi connectivity index (χ4n) is 7.67. The number of hydrogen-bond acceptors (Lipinski definition) is 0. The Morgan fingerprint density at radius 3 is 1.60 bits per heavy atom. The van der Waals surface area contributed by atoms with Crippen LogP contribution in [0.2, 0.25) is 12.6 Å². The van der Waals surface area contributed by atoms with Gasteiger partial charge in [0.05, 0.1) is 0 Å². The lowest BCUT2D eigenvalue weighted by Crippen LogP contribution is -2.48. The van der Waals surface area contributed by atoms with E-state index in [4.69, 9.17) is 0 Å². The highest BCUT2D eigenvalue weighted by Gasteiger charge is 2.52. The van der Waals surface area contributed by atoms with Crippen LogP contribution in [0.5, 0.6) is 0 Å². The summed E-state index contributed by atoms with van der Waals surface area (Å²) in [6, 6.07) is 10.1. The maximum absolute atomic E-state index is 2.54. The molecule has 1 aromatic carbocycles. The van der Waals surface area contributed by atoms with Crippen LogP contribution in [0.1, 0.15) is 71.8 Å². The molecule has 0 radical (unpaired) electrons. The summed E-state index contributed by atoms with van der Waals surface area (Å²) in [4.78, 5) is 0. The zero-order chi connectivity index (χ0) is 17.4. The van der Waals surface area contributed by atoms with Gasteiger partial charge in [0.1, 0.15) is 0 Å². The molecule has 1 aliphatic heterocycles. The molecule has 6 rings (SSSR count). The van der Waals surface area contributed by atoms with Crippen LogP contribution in [-0.4, -0.2) is 6.71 Å². The van der Waals surface area contributed by atoms with Gasteiger partial charge in [-0.2, -0.15) is 0 Å². The second-order valence-corrected chi connectivity index (χ2v) is 11.7. The first-order chi connectivity index (χ1) is 11.8. The number of rotatable bonds is 2. The monoisotopic (exact) mass is 334 g/mol. The van der Waals surface area contributed by atoms with Gasteiger partial charge in [-0.3, -0.25) is 0 Å². The number of benzene rings is 1. The Labute approximate surface area is 155 Å². The molecular weight excluding hydrogens is 299 g/mol. The highest BCUT2D eigenvalue weighted by Crippen LogP contribution is 2.60. The first-order valence-electron chi connectivity index (χ1n) is 10.9. The maximum Gasteiger partial charge on any atom is 0.176 e. The van der Waals surface area contributed by atoms with E-state index < -0.39 is 0 Å². The van der Waals surface area contributed by atoms with Crippen molar-refractivity contribution in [1.82, 2.24) is 0 Å². The Bertz CT molecular complexity index is 615. The molecule has 1 heterocycles. The van der Waals surface area contributed by atoms with E-state index in [0.29, 0.717) is 16.2 Å². The van der Waals surface area contributed by atoms with Crippen LogP contribution in [0, 0.1) is 28.6 Å². The van der Waals surface area contributed by atoms with Crippen LogP contribution in [0.25, 0.3) is 0 Å². The molecule has 5 fully saturated rings. The van der Waals surface area contributed by atoms with Crippen LogP contribution < -0.4 is 5.46 Å². The third kappa shape index (κ3) is 2.48. The topological polar surface area (TPSA) is 0 Å². The Kier molecular flexibility index (Phi) is 3.40. The molecule has 0 spiro atoms. The van der Waals surface area contributed by atoms with E-state index in [2.05, 4.69) is 52.0 Å². The maximum atomic E-state index is 2.54. The van der Waals surface area contributed by atoms with Crippen molar-refractivity contribution in [3.05, 3.63) is 29.8 Å². The minimum Gasteiger partial charge on any atom is -0.0800 e. The minimum absolute atomic E-state index is 0.455. The highest BCUT2D eigenvalue weighted by molar-refractivity contribution is 6.74. The Balaban J connectivity index is 1.40. The van der Waals surface area contributed by atoms with Gasteiger partial charge in [-0.1, -0.05) is 70.1 Å². The van der Waals surface area contributed by atoms with Gasteiger partial charge >= 0.3 is 0 Å². The third-order valence-electron chi connectivity index (χ3n) is 9.38. The summed E-state index contributed by atoms with van der Waals surface area (Å²) in [5.41, 5.74) is 4.76. The Morgan fingerprint density at radius 1 is 0.720 bits per heavy atom. The average Bonchev–Trinajstić information content (AvgIpc) is 2.74. The van der Waals surface area contributed by atoms with Gasteiger partial charge in [0.2, 0.25) is 0 Å². The van der Waals surface area contributed by atoms with Crippen molar-refractivity contribution in [2.75, 3.05) is 0 Å². The predicted octanol–water partition coefficient (Wildman–Crippen LogP) is 5.92. The van der Waals surface area contributed by atoms with Gasteiger partial charge in [0.25, 0.3) is 0 Å². The SMILES string of the molecule is CC1(C)CB(c2ccc(C34CC5CC(CC(C5)C3)C4)cc2)CC1(C)C. The van der Waals surface area contributed by atoms with Crippen LogP contribution >= 0.6 is 0 Å². The van der Waals surface area contributed by atoms with E-state index in [0.717, 1.165) is 24.5 Å². The van der Waals surface area contributed by atoms with Gasteiger partial charge in [-0.05, 0) is 78.1 Å². The van der Waals surface area contributed by atoms with Crippen molar-refractivity contribution >= 4 is 12.2 Å². The Hall–Kier alpha value is -0.715. The summed E-state index contributed by atoms with van der Waals surface area (Å²) in [7, 11) is 0. The average molecular weight is 334 g/mol. The van der Waals surface area contributed by atoms with Crippen LogP contribution in [0.15, 0.2) is 24.3 Å². The summed E-state index contributed by atoms with van der Waals surface area (Å²) < 4.78 is 0. The molecule has 4 saturated carbocycles.